The summed E-state index contributed by atoms with van der Waals surface area (Å²) < 4.78 is 73.9. The number of alkyl halides is 3. The van der Waals surface area contributed by atoms with Crippen LogP contribution in [0.15, 0.2) is 30.3 Å². The van der Waals surface area contributed by atoms with Crippen LogP contribution in [0.5, 0.6) is 17.2 Å². The van der Waals surface area contributed by atoms with E-state index in [9.17, 15) is 21.6 Å². The summed E-state index contributed by atoms with van der Waals surface area (Å²) in [5, 5.41) is 0.584. The lowest BCUT2D eigenvalue weighted by atomic mass is 10.1. The van der Waals surface area contributed by atoms with Crippen LogP contribution in [0.1, 0.15) is 0 Å². The summed E-state index contributed by atoms with van der Waals surface area (Å²) in [5.74, 6) is 0.136. The summed E-state index contributed by atoms with van der Waals surface area (Å²) in [4.78, 5) is 0. The summed E-state index contributed by atoms with van der Waals surface area (Å²) in [6, 6.07) is 6.91. The predicted octanol–water partition coefficient (Wildman–Crippen LogP) is 3.09. The van der Waals surface area contributed by atoms with Crippen LogP contribution in [0.2, 0.25) is 0 Å². The summed E-state index contributed by atoms with van der Waals surface area (Å²) >= 11 is 0. The molecule has 0 aliphatic heterocycles. The molecular weight excluding hydrogens is 325 g/mol. The van der Waals surface area contributed by atoms with Gasteiger partial charge in [-0.25, -0.2) is 0 Å². The van der Waals surface area contributed by atoms with E-state index < -0.39 is 21.4 Å². The molecule has 0 saturated heterocycles. The standard InChI is InChI=1S/C13H11F3O5S/c1-19-11-6-8-4-3-5-10(9(8)7-12(11)20-2)21-22(17,18)13(14,15)16/h3-7H,1-2H3. The molecule has 0 aliphatic rings. The van der Waals surface area contributed by atoms with Crippen molar-refractivity contribution in [3.63, 3.8) is 0 Å². The second-order valence-electron chi connectivity index (χ2n) is 4.17. The molecule has 0 radical (unpaired) electrons. The fourth-order valence-electron chi connectivity index (χ4n) is 1.81. The van der Waals surface area contributed by atoms with Gasteiger partial charge < -0.3 is 13.7 Å². The van der Waals surface area contributed by atoms with Crippen LogP contribution in [0.25, 0.3) is 10.8 Å². The molecule has 0 fully saturated rings. The average Bonchev–Trinajstić information content (AvgIpc) is 2.44. The number of ether oxygens (including phenoxy) is 2. The van der Waals surface area contributed by atoms with Gasteiger partial charge in [0.1, 0.15) is 0 Å². The van der Waals surface area contributed by atoms with Gasteiger partial charge in [0.25, 0.3) is 0 Å². The molecule has 0 N–H and O–H groups in total. The van der Waals surface area contributed by atoms with Crippen molar-refractivity contribution in [3.05, 3.63) is 30.3 Å². The van der Waals surface area contributed by atoms with E-state index in [0.717, 1.165) is 6.07 Å². The van der Waals surface area contributed by atoms with E-state index in [1.54, 1.807) is 6.07 Å². The normalized spacial score (nSPS) is 12.2. The fourth-order valence-corrected chi connectivity index (χ4v) is 2.29. The van der Waals surface area contributed by atoms with E-state index in [1.807, 2.05) is 0 Å². The molecule has 2 aromatic rings. The van der Waals surface area contributed by atoms with E-state index in [4.69, 9.17) is 9.47 Å². The van der Waals surface area contributed by atoms with E-state index in [-0.39, 0.29) is 11.1 Å². The van der Waals surface area contributed by atoms with Crippen LogP contribution in [0.3, 0.4) is 0 Å². The number of methoxy groups -OCH3 is 2. The second-order valence-corrected chi connectivity index (χ2v) is 5.71. The first-order chi connectivity index (χ1) is 10.2. The molecule has 2 rings (SSSR count). The second kappa shape index (κ2) is 5.56. The van der Waals surface area contributed by atoms with Crippen molar-refractivity contribution >= 4 is 20.9 Å². The topological polar surface area (TPSA) is 61.8 Å². The van der Waals surface area contributed by atoms with Gasteiger partial charge in [0, 0.05) is 5.39 Å². The molecule has 0 unspecified atom stereocenters. The van der Waals surface area contributed by atoms with E-state index in [0.29, 0.717) is 11.1 Å². The van der Waals surface area contributed by atoms with E-state index in [1.165, 1.54) is 32.4 Å². The minimum atomic E-state index is -5.75. The van der Waals surface area contributed by atoms with Crippen molar-refractivity contribution in [2.75, 3.05) is 14.2 Å². The SMILES string of the molecule is COc1cc2cccc(OS(=O)(=O)C(F)(F)F)c2cc1OC. The van der Waals surface area contributed by atoms with Gasteiger partial charge in [-0.2, -0.15) is 21.6 Å². The Bertz CT molecular complexity index is 799. The quantitative estimate of drug-likeness (QED) is 0.634. The van der Waals surface area contributed by atoms with Crippen LogP contribution in [0, 0.1) is 0 Å². The monoisotopic (exact) mass is 336 g/mol. The van der Waals surface area contributed by atoms with Gasteiger partial charge in [0.2, 0.25) is 0 Å². The Morgan fingerprint density at radius 1 is 0.955 bits per heavy atom. The van der Waals surface area contributed by atoms with Gasteiger partial charge in [-0.1, -0.05) is 12.1 Å². The molecule has 0 heterocycles. The van der Waals surface area contributed by atoms with Crippen molar-refractivity contribution in [2.24, 2.45) is 0 Å². The minimum Gasteiger partial charge on any atom is -0.493 e. The zero-order valence-corrected chi connectivity index (χ0v) is 12.3. The Kier molecular flexibility index (Phi) is 4.10. The number of benzene rings is 2. The zero-order chi connectivity index (χ0) is 16.5. The van der Waals surface area contributed by atoms with E-state index in [2.05, 4.69) is 4.18 Å². The molecular formula is C13H11F3O5S. The maximum atomic E-state index is 12.4. The highest BCUT2D eigenvalue weighted by Crippen LogP contribution is 2.38. The van der Waals surface area contributed by atoms with Crippen molar-refractivity contribution in [2.45, 2.75) is 5.51 Å². The molecule has 9 heteroatoms. The first-order valence-corrected chi connectivity index (χ1v) is 7.26. The van der Waals surface area contributed by atoms with Gasteiger partial charge >= 0.3 is 15.6 Å². The molecule has 0 aliphatic carbocycles. The number of hydrogen-bond acceptors (Lipinski definition) is 5. The molecule has 0 aromatic heterocycles. The summed E-state index contributed by atoms with van der Waals surface area (Å²) in [6.45, 7) is 0. The average molecular weight is 336 g/mol. The van der Waals surface area contributed by atoms with Crippen molar-refractivity contribution in [1.82, 2.24) is 0 Å². The Morgan fingerprint density at radius 3 is 2.09 bits per heavy atom. The van der Waals surface area contributed by atoms with Gasteiger partial charge in [-0.15, -0.1) is 0 Å². The molecule has 0 saturated carbocycles. The lowest BCUT2D eigenvalue weighted by Crippen LogP contribution is -2.28. The maximum absolute atomic E-state index is 12.4. The number of hydrogen-bond donors (Lipinski definition) is 0. The van der Waals surface area contributed by atoms with Crippen molar-refractivity contribution in [3.8, 4) is 17.2 Å². The fraction of sp³-hybridized carbons (Fsp3) is 0.231. The Labute approximate surface area is 124 Å². The molecule has 0 atom stereocenters. The van der Waals surface area contributed by atoms with Gasteiger partial charge in [0.05, 0.1) is 14.2 Å². The van der Waals surface area contributed by atoms with Crippen LogP contribution >= 0.6 is 0 Å². The van der Waals surface area contributed by atoms with E-state index >= 15 is 0 Å². The third-order valence-corrected chi connectivity index (χ3v) is 3.79. The van der Waals surface area contributed by atoms with Gasteiger partial charge in [-0.05, 0) is 23.6 Å². The minimum absolute atomic E-state index is 0.146. The first kappa shape index (κ1) is 16.2. The Morgan fingerprint density at radius 2 is 1.55 bits per heavy atom. The highest BCUT2D eigenvalue weighted by atomic mass is 32.2. The molecule has 5 nitrogen and oxygen atoms in total. The highest BCUT2D eigenvalue weighted by molar-refractivity contribution is 7.88. The molecule has 0 amide bonds. The Hall–Kier alpha value is -2.16. The first-order valence-electron chi connectivity index (χ1n) is 5.85. The summed E-state index contributed by atoms with van der Waals surface area (Å²) in [5.41, 5.74) is -5.51. The van der Waals surface area contributed by atoms with Crippen LogP contribution in [0.4, 0.5) is 13.2 Å². The largest absolute Gasteiger partial charge is 0.534 e. The molecule has 0 bridgehead atoms. The maximum Gasteiger partial charge on any atom is 0.534 e. The lowest BCUT2D eigenvalue weighted by Gasteiger charge is -2.13. The Balaban J connectivity index is 2.61. The third-order valence-electron chi connectivity index (χ3n) is 2.83. The molecule has 22 heavy (non-hydrogen) atoms. The van der Waals surface area contributed by atoms with Crippen LogP contribution in [-0.4, -0.2) is 28.1 Å². The summed E-state index contributed by atoms with van der Waals surface area (Å²) in [6.07, 6.45) is 0. The zero-order valence-electron chi connectivity index (χ0n) is 11.5. The number of fused-ring (bicyclic) bond motifs is 1. The summed E-state index contributed by atoms with van der Waals surface area (Å²) in [7, 11) is -3.00. The smallest absolute Gasteiger partial charge is 0.493 e. The molecule has 2 aromatic carbocycles. The third kappa shape index (κ3) is 2.89. The number of rotatable bonds is 4. The van der Waals surface area contributed by atoms with Gasteiger partial charge in [-0.3, -0.25) is 0 Å². The lowest BCUT2D eigenvalue weighted by molar-refractivity contribution is -0.0499. The van der Waals surface area contributed by atoms with Gasteiger partial charge in [0.15, 0.2) is 17.2 Å². The van der Waals surface area contributed by atoms with Crippen LogP contribution < -0.4 is 13.7 Å². The van der Waals surface area contributed by atoms with Crippen molar-refractivity contribution in [1.29, 1.82) is 0 Å². The highest BCUT2D eigenvalue weighted by Gasteiger charge is 2.48. The van der Waals surface area contributed by atoms with Crippen molar-refractivity contribution < 1.29 is 35.2 Å². The number of halogens is 3. The predicted molar refractivity (Wildman–Crippen MR) is 72.7 cm³/mol. The molecule has 0 spiro atoms. The molecule has 120 valence electrons. The van der Waals surface area contributed by atoms with Crippen LogP contribution in [-0.2, 0) is 10.1 Å².